The number of carbonyl (C=O) groups is 1. The summed E-state index contributed by atoms with van der Waals surface area (Å²) in [5.74, 6) is -0.858. The van der Waals surface area contributed by atoms with Gasteiger partial charge in [0, 0.05) is 11.4 Å². The number of esters is 1. The lowest BCUT2D eigenvalue weighted by Crippen LogP contribution is -2.11. The summed E-state index contributed by atoms with van der Waals surface area (Å²) in [4.78, 5) is 21.9. The molecule has 18 heavy (non-hydrogen) atoms. The second-order valence-corrected chi connectivity index (χ2v) is 3.78. The van der Waals surface area contributed by atoms with E-state index in [1.807, 2.05) is 6.07 Å². The van der Waals surface area contributed by atoms with Crippen LogP contribution >= 0.6 is 15.9 Å². The minimum atomic E-state index is -0.858. The molecule has 6 nitrogen and oxygen atoms in total. The summed E-state index contributed by atoms with van der Waals surface area (Å²) in [6.45, 7) is 1.67. The first-order chi connectivity index (χ1) is 8.56. The van der Waals surface area contributed by atoms with Crippen molar-refractivity contribution in [3.63, 3.8) is 0 Å². The lowest BCUT2D eigenvalue weighted by Gasteiger charge is -2.07. The quantitative estimate of drug-likeness (QED) is 0.368. The number of halogens is 1. The minimum absolute atomic E-state index is 0.0282. The number of nitrogens with zero attached hydrogens (tertiary/aromatic N) is 2. The van der Waals surface area contributed by atoms with Gasteiger partial charge in [0.1, 0.15) is 6.07 Å². The van der Waals surface area contributed by atoms with Crippen molar-refractivity contribution in [1.29, 1.82) is 5.26 Å². The van der Waals surface area contributed by atoms with Gasteiger partial charge in [-0.2, -0.15) is 5.26 Å². The molecule has 1 aromatic rings. The Balaban J connectivity index is 3.54. The highest BCUT2D eigenvalue weighted by atomic mass is 79.9. The van der Waals surface area contributed by atoms with Gasteiger partial charge in [0.25, 0.3) is 5.69 Å². The van der Waals surface area contributed by atoms with Crippen LogP contribution in [-0.4, -0.2) is 17.5 Å². The SMILES string of the molecule is CCOC(=O)c1c([N+](=O)[O-])ccc(CBr)c1C#N. The van der Waals surface area contributed by atoms with Crippen molar-refractivity contribution in [3.05, 3.63) is 38.9 Å². The van der Waals surface area contributed by atoms with Crippen LogP contribution in [0.2, 0.25) is 0 Å². The van der Waals surface area contributed by atoms with Gasteiger partial charge in [-0.1, -0.05) is 15.9 Å². The Bertz CT molecular complexity index is 537. The van der Waals surface area contributed by atoms with Gasteiger partial charge < -0.3 is 4.74 Å². The van der Waals surface area contributed by atoms with Crippen LogP contribution in [0, 0.1) is 21.4 Å². The number of nitro groups is 1. The number of hydrogen-bond acceptors (Lipinski definition) is 5. The zero-order chi connectivity index (χ0) is 13.7. The molecule has 0 aliphatic heterocycles. The van der Waals surface area contributed by atoms with Crippen LogP contribution in [0.1, 0.15) is 28.4 Å². The average Bonchev–Trinajstić information content (AvgIpc) is 2.36. The van der Waals surface area contributed by atoms with Gasteiger partial charge in [-0.3, -0.25) is 10.1 Å². The highest BCUT2D eigenvalue weighted by Gasteiger charge is 2.27. The number of ether oxygens (including phenoxy) is 1. The Kier molecular flexibility index (Phi) is 4.80. The van der Waals surface area contributed by atoms with E-state index in [0.717, 1.165) is 0 Å². The third-order valence-electron chi connectivity index (χ3n) is 2.20. The number of benzene rings is 1. The molecule has 0 aromatic heterocycles. The highest BCUT2D eigenvalue weighted by molar-refractivity contribution is 9.08. The van der Waals surface area contributed by atoms with E-state index in [2.05, 4.69) is 15.9 Å². The van der Waals surface area contributed by atoms with Gasteiger partial charge in [-0.15, -0.1) is 0 Å². The Morgan fingerprint density at radius 1 is 1.61 bits per heavy atom. The summed E-state index contributed by atoms with van der Waals surface area (Å²) in [7, 11) is 0. The molecule has 1 rings (SSSR count). The van der Waals surface area contributed by atoms with Gasteiger partial charge in [-0.05, 0) is 18.6 Å². The first kappa shape index (κ1) is 14.1. The van der Waals surface area contributed by atoms with Gasteiger partial charge in [0.2, 0.25) is 0 Å². The molecule has 0 unspecified atom stereocenters. The molecule has 0 heterocycles. The fourth-order valence-corrected chi connectivity index (χ4v) is 1.90. The maximum atomic E-state index is 11.7. The van der Waals surface area contributed by atoms with Crippen molar-refractivity contribution in [2.45, 2.75) is 12.3 Å². The van der Waals surface area contributed by atoms with Crippen molar-refractivity contribution in [1.82, 2.24) is 0 Å². The van der Waals surface area contributed by atoms with Crippen LogP contribution in [-0.2, 0) is 10.1 Å². The lowest BCUT2D eigenvalue weighted by molar-refractivity contribution is -0.385. The molecule has 0 saturated carbocycles. The standard InChI is InChI=1S/C11H9BrN2O4/c1-2-18-11(15)10-8(6-13)7(5-12)3-4-9(10)14(16)17/h3-4H,2,5H2,1H3. The van der Waals surface area contributed by atoms with E-state index in [-0.39, 0.29) is 17.7 Å². The molecule has 0 atom stereocenters. The van der Waals surface area contributed by atoms with Crippen molar-refractivity contribution in [2.75, 3.05) is 6.61 Å². The van der Waals surface area contributed by atoms with Gasteiger partial charge in [-0.25, -0.2) is 4.79 Å². The van der Waals surface area contributed by atoms with Crippen LogP contribution in [0.4, 0.5) is 5.69 Å². The van der Waals surface area contributed by atoms with E-state index >= 15 is 0 Å². The number of nitro benzene ring substituents is 1. The zero-order valence-corrected chi connectivity index (χ0v) is 11.1. The van der Waals surface area contributed by atoms with Crippen molar-refractivity contribution in [3.8, 4) is 6.07 Å². The Morgan fingerprint density at radius 3 is 2.72 bits per heavy atom. The molecule has 0 aliphatic carbocycles. The monoisotopic (exact) mass is 312 g/mol. The van der Waals surface area contributed by atoms with E-state index in [4.69, 9.17) is 10.00 Å². The molecule has 0 bridgehead atoms. The fraction of sp³-hybridized carbons (Fsp3) is 0.273. The topological polar surface area (TPSA) is 93.2 Å². The maximum Gasteiger partial charge on any atom is 0.346 e. The average molecular weight is 313 g/mol. The minimum Gasteiger partial charge on any atom is -0.462 e. The molecule has 0 amide bonds. The molecule has 0 saturated heterocycles. The van der Waals surface area contributed by atoms with Crippen LogP contribution in [0.5, 0.6) is 0 Å². The summed E-state index contributed by atoms with van der Waals surface area (Å²) in [6.07, 6.45) is 0. The first-order valence-electron chi connectivity index (χ1n) is 5.00. The molecule has 7 heteroatoms. The Labute approximate surface area is 111 Å². The summed E-state index contributed by atoms with van der Waals surface area (Å²) < 4.78 is 4.75. The summed E-state index contributed by atoms with van der Waals surface area (Å²) in [6, 6.07) is 4.45. The molecule has 1 aromatic carbocycles. The number of alkyl halides is 1. The van der Waals surface area contributed by atoms with Crippen molar-refractivity contribution in [2.24, 2.45) is 0 Å². The predicted octanol–water partition coefficient (Wildman–Crippen LogP) is 2.54. The van der Waals surface area contributed by atoms with Gasteiger partial charge in [0.05, 0.1) is 17.1 Å². The number of carbonyl (C=O) groups excluding carboxylic acids is 1. The Morgan fingerprint density at radius 2 is 2.28 bits per heavy atom. The third-order valence-corrected chi connectivity index (χ3v) is 2.81. The van der Waals surface area contributed by atoms with E-state index in [0.29, 0.717) is 10.9 Å². The number of nitriles is 1. The summed E-state index contributed by atoms with van der Waals surface area (Å²) in [5.41, 5.74) is -0.235. The largest absolute Gasteiger partial charge is 0.462 e. The lowest BCUT2D eigenvalue weighted by atomic mass is 10.0. The molecule has 0 spiro atoms. The van der Waals surface area contributed by atoms with E-state index in [1.165, 1.54) is 12.1 Å². The number of rotatable bonds is 4. The van der Waals surface area contributed by atoms with E-state index < -0.39 is 16.6 Å². The van der Waals surface area contributed by atoms with Crippen molar-refractivity contribution >= 4 is 27.6 Å². The Hall–Kier alpha value is -1.94. The highest BCUT2D eigenvalue weighted by Crippen LogP contribution is 2.27. The van der Waals surface area contributed by atoms with Gasteiger partial charge >= 0.3 is 5.97 Å². The predicted molar refractivity (Wildman–Crippen MR) is 66.4 cm³/mol. The maximum absolute atomic E-state index is 11.7. The van der Waals surface area contributed by atoms with Crippen LogP contribution in [0.3, 0.4) is 0 Å². The van der Waals surface area contributed by atoms with E-state index in [1.54, 1.807) is 6.92 Å². The molecule has 0 aliphatic rings. The third kappa shape index (κ3) is 2.65. The molecule has 0 fully saturated rings. The zero-order valence-electron chi connectivity index (χ0n) is 9.47. The summed E-state index contributed by atoms with van der Waals surface area (Å²) >= 11 is 3.16. The molecular formula is C11H9BrN2O4. The molecule has 94 valence electrons. The molecular weight excluding hydrogens is 304 g/mol. The second-order valence-electron chi connectivity index (χ2n) is 3.22. The number of hydrogen-bond donors (Lipinski definition) is 0. The van der Waals surface area contributed by atoms with Crippen molar-refractivity contribution < 1.29 is 14.5 Å². The summed E-state index contributed by atoms with van der Waals surface area (Å²) in [5, 5.41) is 20.2. The fourth-order valence-electron chi connectivity index (χ4n) is 1.44. The normalized spacial score (nSPS) is 9.61. The first-order valence-corrected chi connectivity index (χ1v) is 6.12. The van der Waals surface area contributed by atoms with E-state index in [9.17, 15) is 14.9 Å². The molecule has 0 radical (unpaired) electrons. The van der Waals surface area contributed by atoms with Crippen LogP contribution in [0.15, 0.2) is 12.1 Å². The smallest absolute Gasteiger partial charge is 0.346 e. The molecule has 0 N–H and O–H groups in total. The van der Waals surface area contributed by atoms with Gasteiger partial charge in [0.15, 0.2) is 5.56 Å². The van der Waals surface area contributed by atoms with Crippen LogP contribution in [0.25, 0.3) is 0 Å². The van der Waals surface area contributed by atoms with Crippen LogP contribution < -0.4 is 0 Å². The second kappa shape index (κ2) is 6.12.